The lowest BCUT2D eigenvalue weighted by atomic mass is 10.0. The topological polar surface area (TPSA) is 50.2 Å². The number of amides is 1. The van der Waals surface area contributed by atoms with Gasteiger partial charge in [-0.05, 0) is 32.1 Å². The summed E-state index contributed by atoms with van der Waals surface area (Å²) in [6.45, 7) is 6.52. The zero-order valence-electron chi connectivity index (χ0n) is 13.6. The maximum atomic E-state index is 12.3. The molecule has 3 rings (SSSR count). The van der Waals surface area contributed by atoms with E-state index in [0.717, 1.165) is 30.9 Å². The van der Waals surface area contributed by atoms with Gasteiger partial charge in [-0.15, -0.1) is 0 Å². The van der Waals surface area contributed by atoms with E-state index in [1.807, 2.05) is 47.5 Å². The number of hydrogen-bond acceptors (Lipinski definition) is 3. The van der Waals surface area contributed by atoms with Crippen molar-refractivity contribution in [2.45, 2.75) is 19.4 Å². The van der Waals surface area contributed by atoms with E-state index in [0.29, 0.717) is 0 Å². The third-order valence-corrected chi connectivity index (χ3v) is 3.92. The number of rotatable bonds is 3. The number of carbonyl (C=O) groups excluding carboxylic acids is 1. The Morgan fingerprint density at radius 1 is 1.30 bits per heavy atom. The van der Waals surface area contributed by atoms with E-state index in [-0.39, 0.29) is 11.4 Å². The van der Waals surface area contributed by atoms with Crippen LogP contribution in [0.15, 0.2) is 48.8 Å². The molecule has 5 heteroatoms. The number of nitrogens with one attached hydrogen (secondary N) is 1. The molecule has 0 saturated carbocycles. The van der Waals surface area contributed by atoms with Crippen molar-refractivity contribution in [3.63, 3.8) is 0 Å². The lowest BCUT2D eigenvalue weighted by molar-refractivity contribution is -0.127. The fraction of sp³-hybridized carbons (Fsp3) is 0.333. The average Bonchev–Trinajstić information content (AvgIpc) is 3.01. The summed E-state index contributed by atoms with van der Waals surface area (Å²) in [5.74, 6) is 0.0482. The molecule has 120 valence electrons. The van der Waals surface area contributed by atoms with Crippen molar-refractivity contribution in [2.75, 3.05) is 19.6 Å². The van der Waals surface area contributed by atoms with E-state index in [1.54, 1.807) is 17.0 Å². The minimum absolute atomic E-state index is 0.0278. The Hall–Kier alpha value is -2.40. The second-order valence-electron chi connectivity index (χ2n) is 6.46. The van der Waals surface area contributed by atoms with Gasteiger partial charge in [0.2, 0.25) is 5.91 Å². The quantitative estimate of drug-likeness (QED) is 0.883. The molecule has 1 aromatic carbocycles. The van der Waals surface area contributed by atoms with Crippen molar-refractivity contribution >= 4 is 12.0 Å². The van der Waals surface area contributed by atoms with E-state index in [4.69, 9.17) is 0 Å². The summed E-state index contributed by atoms with van der Waals surface area (Å²) in [6.07, 6.45) is 7.14. The number of para-hydroxylation sites is 1. The van der Waals surface area contributed by atoms with Gasteiger partial charge in [0.15, 0.2) is 0 Å². The fourth-order valence-electron chi connectivity index (χ4n) is 2.75. The van der Waals surface area contributed by atoms with Crippen molar-refractivity contribution in [3.8, 4) is 5.69 Å². The van der Waals surface area contributed by atoms with Crippen molar-refractivity contribution in [1.82, 2.24) is 20.0 Å². The zero-order chi connectivity index (χ0) is 16.3. The maximum Gasteiger partial charge on any atom is 0.246 e. The molecule has 1 saturated heterocycles. The first-order valence-electron chi connectivity index (χ1n) is 7.86. The minimum Gasteiger partial charge on any atom is -0.336 e. The molecule has 0 aliphatic carbocycles. The predicted octanol–water partition coefficient (Wildman–Crippen LogP) is 2.10. The molecule has 1 fully saturated rings. The molecule has 23 heavy (non-hydrogen) atoms. The van der Waals surface area contributed by atoms with Crippen molar-refractivity contribution < 1.29 is 4.79 Å². The number of aromatic nitrogens is 2. The highest BCUT2D eigenvalue weighted by Crippen LogP contribution is 2.12. The van der Waals surface area contributed by atoms with Crippen molar-refractivity contribution in [1.29, 1.82) is 0 Å². The molecule has 2 aromatic rings. The first-order valence-corrected chi connectivity index (χ1v) is 7.86. The average molecular weight is 310 g/mol. The van der Waals surface area contributed by atoms with E-state index >= 15 is 0 Å². The second kappa shape index (κ2) is 6.38. The van der Waals surface area contributed by atoms with Crippen LogP contribution in [0.1, 0.15) is 19.4 Å². The van der Waals surface area contributed by atoms with Crippen LogP contribution < -0.4 is 5.32 Å². The fourth-order valence-corrected chi connectivity index (χ4v) is 2.75. The summed E-state index contributed by atoms with van der Waals surface area (Å²) < 4.78 is 1.80. The molecular formula is C18H22N4O. The third-order valence-electron chi connectivity index (χ3n) is 3.92. The summed E-state index contributed by atoms with van der Waals surface area (Å²) in [6, 6.07) is 9.91. The van der Waals surface area contributed by atoms with Gasteiger partial charge in [-0.3, -0.25) is 4.79 Å². The molecule has 1 aliphatic heterocycles. The lowest BCUT2D eigenvalue weighted by Gasteiger charge is -2.38. The lowest BCUT2D eigenvalue weighted by Crippen LogP contribution is -2.58. The van der Waals surface area contributed by atoms with Gasteiger partial charge in [0.25, 0.3) is 0 Å². The van der Waals surface area contributed by atoms with Crippen LogP contribution in [0.4, 0.5) is 0 Å². The Kier molecular flexibility index (Phi) is 4.30. The molecule has 0 radical (unpaired) electrons. The molecule has 2 heterocycles. The van der Waals surface area contributed by atoms with Crippen LogP contribution in [0.25, 0.3) is 11.8 Å². The Balaban J connectivity index is 1.66. The SMILES string of the molecule is CC1(C)CN(C(=O)/C=C/c2cnn(-c3ccccc3)c2)CCN1. The van der Waals surface area contributed by atoms with E-state index in [2.05, 4.69) is 24.3 Å². The molecule has 0 atom stereocenters. The number of carbonyl (C=O) groups is 1. The van der Waals surface area contributed by atoms with E-state index in [9.17, 15) is 4.79 Å². The molecule has 0 unspecified atom stereocenters. The highest BCUT2D eigenvalue weighted by atomic mass is 16.2. The summed E-state index contributed by atoms with van der Waals surface area (Å²) in [5, 5.41) is 7.74. The van der Waals surface area contributed by atoms with Gasteiger partial charge in [0, 0.05) is 43.0 Å². The van der Waals surface area contributed by atoms with E-state index < -0.39 is 0 Å². The Morgan fingerprint density at radius 3 is 2.83 bits per heavy atom. The Bertz CT molecular complexity index is 703. The van der Waals surface area contributed by atoms with Gasteiger partial charge in [0.05, 0.1) is 11.9 Å². The third kappa shape index (κ3) is 3.87. The molecule has 1 N–H and O–H groups in total. The van der Waals surface area contributed by atoms with Crippen LogP contribution in [-0.2, 0) is 4.79 Å². The van der Waals surface area contributed by atoms with Crippen molar-refractivity contribution in [3.05, 3.63) is 54.4 Å². The Labute approximate surface area is 136 Å². The van der Waals surface area contributed by atoms with Crippen LogP contribution in [0.5, 0.6) is 0 Å². The first-order chi connectivity index (χ1) is 11.0. The smallest absolute Gasteiger partial charge is 0.246 e. The predicted molar refractivity (Wildman–Crippen MR) is 91.3 cm³/mol. The highest BCUT2D eigenvalue weighted by molar-refractivity contribution is 5.91. The van der Waals surface area contributed by atoms with Gasteiger partial charge in [-0.25, -0.2) is 4.68 Å². The van der Waals surface area contributed by atoms with Crippen LogP contribution in [0, 0.1) is 0 Å². The molecule has 0 bridgehead atoms. The first kappa shape index (κ1) is 15.5. The zero-order valence-corrected chi connectivity index (χ0v) is 13.6. The second-order valence-corrected chi connectivity index (χ2v) is 6.46. The number of piperazine rings is 1. The summed E-state index contributed by atoms with van der Waals surface area (Å²) in [5.41, 5.74) is 1.89. The number of benzene rings is 1. The Morgan fingerprint density at radius 2 is 2.09 bits per heavy atom. The van der Waals surface area contributed by atoms with Gasteiger partial charge in [-0.1, -0.05) is 18.2 Å². The van der Waals surface area contributed by atoms with Crippen molar-refractivity contribution in [2.24, 2.45) is 0 Å². The normalized spacial score (nSPS) is 17.6. The molecule has 1 amide bonds. The molecule has 1 aromatic heterocycles. The van der Waals surface area contributed by atoms with Gasteiger partial charge in [0.1, 0.15) is 0 Å². The van der Waals surface area contributed by atoms with Crippen LogP contribution in [-0.4, -0.2) is 45.8 Å². The molecular weight excluding hydrogens is 288 g/mol. The number of nitrogens with zero attached hydrogens (tertiary/aromatic N) is 3. The molecule has 5 nitrogen and oxygen atoms in total. The molecule has 1 aliphatic rings. The summed E-state index contributed by atoms with van der Waals surface area (Å²) in [4.78, 5) is 14.2. The van der Waals surface area contributed by atoms with Crippen LogP contribution >= 0.6 is 0 Å². The highest BCUT2D eigenvalue weighted by Gasteiger charge is 2.27. The standard InChI is InChI=1S/C18H22N4O/c1-18(2)14-21(11-10-19-18)17(23)9-8-15-12-20-22(13-15)16-6-4-3-5-7-16/h3-9,12-13,19H,10-11,14H2,1-2H3/b9-8+. The molecule has 0 spiro atoms. The van der Waals surface area contributed by atoms with Crippen LogP contribution in [0.3, 0.4) is 0 Å². The van der Waals surface area contributed by atoms with E-state index in [1.165, 1.54) is 0 Å². The monoisotopic (exact) mass is 310 g/mol. The summed E-state index contributed by atoms with van der Waals surface area (Å²) in [7, 11) is 0. The number of hydrogen-bond donors (Lipinski definition) is 1. The minimum atomic E-state index is -0.0278. The summed E-state index contributed by atoms with van der Waals surface area (Å²) >= 11 is 0. The van der Waals surface area contributed by atoms with Gasteiger partial charge < -0.3 is 10.2 Å². The van der Waals surface area contributed by atoms with Gasteiger partial charge >= 0.3 is 0 Å². The van der Waals surface area contributed by atoms with Crippen LogP contribution in [0.2, 0.25) is 0 Å². The largest absolute Gasteiger partial charge is 0.336 e. The van der Waals surface area contributed by atoms with Gasteiger partial charge in [-0.2, -0.15) is 5.10 Å². The maximum absolute atomic E-state index is 12.3.